The van der Waals surface area contributed by atoms with Gasteiger partial charge in [0.15, 0.2) is 0 Å². The van der Waals surface area contributed by atoms with Gasteiger partial charge in [-0.05, 0) is 60.7 Å². The summed E-state index contributed by atoms with van der Waals surface area (Å²) in [5.74, 6) is 1.71. The molecule has 0 aliphatic rings. The highest BCUT2D eigenvalue weighted by molar-refractivity contribution is 7.99. The number of amides is 1. The summed E-state index contributed by atoms with van der Waals surface area (Å²) >= 11 is 7.57. The zero-order valence-electron chi connectivity index (χ0n) is 12.3. The first-order chi connectivity index (χ1) is 10.7. The summed E-state index contributed by atoms with van der Waals surface area (Å²) in [5, 5.41) is 3.62. The second-order valence-corrected chi connectivity index (χ2v) is 6.29. The standard InChI is InChI=1S/C17H18ClNO2S/c1-21-15-8-6-14(7-9-15)19-17(20)3-2-12-22-16-10-4-13(18)5-11-16/h4-11H,2-3,12H2,1H3,(H,19,20). The van der Waals surface area contributed by atoms with Crippen LogP contribution in [0, 0.1) is 0 Å². The van der Waals surface area contributed by atoms with Gasteiger partial charge >= 0.3 is 0 Å². The average molecular weight is 336 g/mol. The number of nitrogens with one attached hydrogen (secondary N) is 1. The Bertz CT molecular complexity index is 599. The largest absolute Gasteiger partial charge is 0.497 e. The van der Waals surface area contributed by atoms with Crippen molar-refractivity contribution in [2.75, 3.05) is 18.2 Å². The van der Waals surface area contributed by atoms with Crippen LogP contribution in [-0.2, 0) is 4.79 Å². The number of ether oxygens (including phenoxy) is 1. The number of benzene rings is 2. The maximum atomic E-state index is 11.9. The highest BCUT2D eigenvalue weighted by atomic mass is 35.5. The Morgan fingerprint density at radius 2 is 1.82 bits per heavy atom. The van der Waals surface area contributed by atoms with Gasteiger partial charge in [-0.1, -0.05) is 11.6 Å². The van der Waals surface area contributed by atoms with Gasteiger partial charge in [0.05, 0.1) is 7.11 Å². The number of anilines is 1. The zero-order valence-corrected chi connectivity index (χ0v) is 13.9. The van der Waals surface area contributed by atoms with E-state index < -0.39 is 0 Å². The van der Waals surface area contributed by atoms with E-state index in [4.69, 9.17) is 16.3 Å². The van der Waals surface area contributed by atoms with Crippen molar-refractivity contribution in [1.82, 2.24) is 0 Å². The molecule has 2 aromatic carbocycles. The quantitative estimate of drug-likeness (QED) is 0.580. The average Bonchev–Trinajstić information content (AvgIpc) is 2.54. The molecule has 0 saturated heterocycles. The van der Waals surface area contributed by atoms with E-state index in [0.29, 0.717) is 6.42 Å². The molecular weight excluding hydrogens is 318 g/mol. The first-order valence-electron chi connectivity index (χ1n) is 6.99. The fourth-order valence-corrected chi connectivity index (χ4v) is 2.83. The number of halogens is 1. The fraction of sp³-hybridized carbons (Fsp3) is 0.235. The van der Waals surface area contributed by atoms with Crippen molar-refractivity contribution in [3.05, 3.63) is 53.6 Å². The summed E-state index contributed by atoms with van der Waals surface area (Å²) in [6.45, 7) is 0. The van der Waals surface area contributed by atoms with Crippen LogP contribution in [0.4, 0.5) is 5.69 Å². The van der Waals surface area contributed by atoms with E-state index in [2.05, 4.69) is 5.32 Å². The molecule has 0 saturated carbocycles. The van der Waals surface area contributed by atoms with Gasteiger partial charge in [0.2, 0.25) is 5.91 Å². The Morgan fingerprint density at radius 3 is 2.45 bits per heavy atom. The van der Waals surface area contributed by atoms with E-state index in [-0.39, 0.29) is 5.91 Å². The molecule has 5 heteroatoms. The SMILES string of the molecule is COc1ccc(NC(=O)CCCSc2ccc(Cl)cc2)cc1. The Kier molecular flexibility index (Phi) is 6.62. The predicted molar refractivity (Wildman–Crippen MR) is 93.0 cm³/mol. The van der Waals surface area contributed by atoms with Crippen molar-refractivity contribution < 1.29 is 9.53 Å². The van der Waals surface area contributed by atoms with Crippen molar-refractivity contribution in [1.29, 1.82) is 0 Å². The molecule has 0 aromatic heterocycles. The van der Waals surface area contributed by atoms with Crippen LogP contribution in [0.2, 0.25) is 5.02 Å². The monoisotopic (exact) mass is 335 g/mol. The molecule has 22 heavy (non-hydrogen) atoms. The highest BCUT2D eigenvalue weighted by Crippen LogP contribution is 2.21. The van der Waals surface area contributed by atoms with Crippen LogP contribution in [0.5, 0.6) is 5.75 Å². The van der Waals surface area contributed by atoms with Crippen LogP contribution in [0.1, 0.15) is 12.8 Å². The molecular formula is C17H18ClNO2S. The number of thioether (sulfide) groups is 1. The van der Waals surface area contributed by atoms with E-state index in [1.54, 1.807) is 18.9 Å². The first-order valence-corrected chi connectivity index (χ1v) is 8.36. The van der Waals surface area contributed by atoms with Crippen molar-refractivity contribution >= 4 is 35.0 Å². The smallest absolute Gasteiger partial charge is 0.224 e. The van der Waals surface area contributed by atoms with Crippen LogP contribution in [0.25, 0.3) is 0 Å². The van der Waals surface area contributed by atoms with Gasteiger partial charge in [0, 0.05) is 22.0 Å². The second kappa shape index (κ2) is 8.71. The molecule has 0 aliphatic heterocycles. The molecule has 0 fully saturated rings. The lowest BCUT2D eigenvalue weighted by atomic mass is 10.2. The number of carbonyl (C=O) groups is 1. The van der Waals surface area contributed by atoms with E-state index in [1.165, 1.54) is 4.90 Å². The van der Waals surface area contributed by atoms with E-state index in [0.717, 1.165) is 28.6 Å². The number of hydrogen-bond acceptors (Lipinski definition) is 3. The van der Waals surface area contributed by atoms with Crippen molar-refractivity contribution in [2.24, 2.45) is 0 Å². The van der Waals surface area contributed by atoms with Gasteiger partial charge in [-0.25, -0.2) is 0 Å². The van der Waals surface area contributed by atoms with Gasteiger partial charge in [0.1, 0.15) is 5.75 Å². The molecule has 116 valence electrons. The minimum absolute atomic E-state index is 0.0295. The maximum Gasteiger partial charge on any atom is 0.224 e. The molecule has 3 nitrogen and oxygen atoms in total. The lowest BCUT2D eigenvalue weighted by molar-refractivity contribution is -0.116. The van der Waals surface area contributed by atoms with Crippen LogP contribution in [0.3, 0.4) is 0 Å². The third-order valence-electron chi connectivity index (χ3n) is 3.00. The van der Waals surface area contributed by atoms with Crippen LogP contribution in [-0.4, -0.2) is 18.8 Å². The summed E-state index contributed by atoms with van der Waals surface area (Å²) < 4.78 is 5.08. The second-order valence-electron chi connectivity index (χ2n) is 4.68. The molecule has 0 atom stereocenters. The van der Waals surface area contributed by atoms with Crippen molar-refractivity contribution in [3.63, 3.8) is 0 Å². The maximum absolute atomic E-state index is 11.9. The number of hydrogen-bond donors (Lipinski definition) is 1. The van der Waals surface area contributed by atoms with Crippen molar-refractivity contribution in [3.8, 4) is 5.75 Å². The molecule has 1 N–H and O–H groups in total. The molecule has 0 heterocycles. The molecule has 0 aliphatic carbocycles. The Labute approximate surface area is 140 Å². The Balaban J connectivity index is 1.67. The Morgan fingerprint density at radius 1 is 1.14 bits per heavy atom. The summed E-state index contributed by atoms with van der Waals surface area (Å²) in [6, 6.07) is 15.0. The third kappa shape index (κ3) is 5.62. The summed E-state index contributed by atoms with van der Waals surface area (Å²) in [5.41, 5.74) is 0.788. The molecule has 0 spiro atoms. The first kappa shape index (κ1) is 16.7. The minimum Gasteiger partial charge on any atom is -0.497 e. The van der Waals surface area contributed by atoms with Crippen molar-refractivity contribution in [2.45, 2.75) is 17.7 Å². The van der Waals surface area contributed by atoms with Gasteiger partial charge in [-0.15, -0.1) is 11.8 Å². The van der Waals surface area contributed by atoms with Crippen LogP contribution in [0.15, 0.2) is 53.4 Å². The molecule has 2 aromatic rings. The highest BCUT2D eigenvalue weighted by Gasteiger charge is 2.03. The molecule has 0 bridgehead atoms. The summed E-state index contributed by atoms with van der Waals surface area (Å²) in [6.07, 6.45) is 1.34. The molecule has 0 unspecified atom stereocenters. The normalized spacial score (nSPS) is 10.3. The van der Waals surface area contributed by atoms with Gasteiger partial charge < -0.3 is 10.1 Å². The number of carbonyl (C=O) groups excluding carboxylic acids is 1. The van der Waals surface area contributed by atoms with Crippen LogP contribution < -0.4 is 10.1 Å². The molecule has 2 rings (SSSR count). The van der Waals surface area contributed by atoms with E-state index in [1.807, 2.05) is 48.5 Å². The van der Waals surface area contributed by atoms with E-state index in [9.17, 15) is 4.79 Å². The lowest BCUT2D eigenvalue weighted by Gasteiger charge is -2.06. The molecule has 0 radical (unpaired) electrons. The van der Waals surface area contributed by atoms with Gasteiger partial charge in [-0.2, -0.15) is 0 Å². The van der Waals surface area contributed by atoms with E-state index >= 15 is 0 Å². The third-order valence-corrected chi connectivity index (χ3v) is 4.35. The Hall–Kier alpha value is -1.65. The van der Waals surface area contributed by atoms with Gasteiger partial charge in [0.25, 0.3) is 0 Å². The summed E-state index contributed by atoms with van der Waals surface area (Å²) in [7, 11) is 1.62. The predicted octanol–water partition coefficient (Wildman–Crippen LogP) is 4.86. The fourth-order valence-electron chi connectivity index (χ4n) is 1.85. The van der Waals surface area contributed by atoms with Crippen LogP contribution >= 0.6 is 23.4 Å². The number of methoxy groups -OCH3 is 1. The zero-order chi connectivity index (χ0) is 15.8. The summed E-state index contributed by atoms with van der Waals surface area (Å²) in [4.78, 5) is 13.0. The minimum atomic E-state index is 0.0295. The lowest BCUT2D eigenvalue weighted by Crippen LogP contribution is -2.11. The topological polar surface area (TPSA) is 38.3 Å². The van der Waals surface area contributed by atoms with Gasteiger partial charge in [-0.3, -0.25) is 4.79 Å². The molecule has 1 amide bonds. The number of rotatable bonds is 7.